The van der Waals surface area contributed by atoms with Gasteiger partial charge in [0.1, 0.15) is 0 Å². The highest BCUT2D eigenvalue weighted by atomic mass is 16.5. The van der Waals surface area contributed by atoms with Crippen LogP contribution in [0.25, 0.3) is 0 Å². The van der Waals surface area contributed by atoms with Crippen molar-refractivity contribution < 1.29 is 24.2 Å². The minimum Gasteiger partial charge on any atom is -0.393 e. The fourth-order valence-corrected chi connectivity index (χ4v) is 4.09. The van der Waals surface area contributed by atoms with Crippen LogP contribution in [0.4, 0.5) is 0 Å². The standard InChI is InChI=1S/C17H28N2O5/c1-23-7-4-18-16(21)13-3-6-24-15-2-5-19(10-14(13)15)17(22)11-8-12(20)9-11/h11-15,20H,2-10H2,1H3,(H,18,21)/t11?,12?,13-,14+,15-/m1/s1. The number of likely N-dealkylation sites (tertiary alicyclic amines) is 1. The molecule has 3 aliphatic rings. The van der Waals surface area contributed by atoms with Gasteiger partial charge < -0.3 is 24.8 Å². The fourth-order valence-electron chi connectivity index (χ4n) is 4.09. The summed E-state index contributed by atoms with van der Waals surface area (Å²) < 4.78 is 10.8. The zero-order valence-corrected chi connectivity index (χ0v) is 14.3. The molecule has 3 atom stereocenters. The zero-order chi connectivity index (χ0) is 17.1. The highest BCUT2D eigenvalue weighted by molar-refractivity contribution is 5.81. The number of aliphatic hydroxyl groups excluding tert-OH is 1. The molecule has 0 aromatic heterocycles. The SMILES string of the molecule is COCCNC(=O)[C@@H]1CCO[C@@H]2CCN(C(=O)C3CC(O)C3)C[C@H]21. The Morgan fingerprint density at radius 3 is 2.83 bits per heavy atom. The largest absolute Gasteiger partial charge is 0.393 e. The molecule has 7 nitrogen and oxygen atoms in total. The molecule has 0 radical (unpaired) electrons. The van der Waals surface area contributed by atoms with E-state index in [9.17, 15) is 14.7 Å². The van der Waals surface area contributed by atoms with Crippen LogP contribution in [-0.2, 0) is 19.1 Å². The van der Waals surface area contributed by atoms with Gasteiger partial charge in [0, 0.05) is 51.1 Å². The monoisotopic (exact) mass is 340 g/mol. The van der Waals surface area contributed by atoms with Crippen molar-refractivity contribution in [2.45, 2.75) is 37.9 Å². The Bertz CT molecular complexity index is 466. The lowest BCUT2D eigenvalue weighted by Crippen LogP contribution is -2.56. The minimum atomic E-state index is -0.325. The van der Waals surface area contributed by atoms with Crippen molar-refractivity contribution in [3.8, 4) is 0 Å². The van der Waals surface area contributed by atoms with Gasteiger partial charge in [-0.3, -0.25) is 9.59 Å². The lowest BCUT2D eigenvalue weighted by atomic mass is 9.77. The normalized spacial score (nSPS) is 35.8. The predicted octanol–water partition coefficient (Wildman–Crippen LogP) is -0.226. The van der Waals surface area contributed by atoms with Gasteiger partial charge in [0.25, 0.3) is 0 Å². The number of piperidine rings is 1. The summed E-state index contributed by atoms with van der Waals surface area (Å²) in [5.41, 5.74) is 0. The summed E-state index contributed by atoms with van der Waals surface area (Å²) in [5, 5.41) is 12.3. The molecule has 2 aliphatic heterocycles. The van der Waals surface area contributed by atoms with Gasteiger partial charge in [-0.05, 0) is 25.7 Å². The summed E-state index contributed by atoms with van der Waals surface area (Å²) in [6.45, 7) is 2.87. The molecule has 0 aromatic carbocycles. The highest BCUT2D eigenvalue weighted by Crippen LogP contribution is 2.36. The Balaban J connectivity index is 1.59. The first kappa shape index (κ1) is 17.6. The second-order valence-corrected chi connectivity index (χ2v) is 7.15. The van der Waals surface area contributed by atoms with E-state index >= 15 is 0 Å². The number of methoxy groups -OCH3 is 1. The van der Waals surface area contributed by atoms with Gasteiger partial charge >= 0.3 is 0 Å². The van der Waals surface area contributed by atoms with Crippen molar-refractivity contribution in [1.82, 2.24) is 10.2 Å². The number of carbonyl (C=O) groups excluding carboxylic acids is 2. The molecular weight excluding hydrogens is 312 g/mol. The van der Waals surface area contributed by atoms with Crippen molar-refractivity contribution in [2.75, 3.05) is 40.0 Å². The molecule has 3 fully saturated rings. The molecule has 0 spiro atoms. The number of fused-ring (bicyclic) bond motifs is 1. The van der Waals surface area contributed by atoms with E-state index in [1.54, 1.807) is 7.11 Å². The van der Waals surface area contributed by atoms with Crippen molar-refractivity contribution in [3.05, 3.63) is 0 Å². The van der Waals surface area contributed by atoms with Gasteiger partial charge in [0.15, 0.2) is 0 Å². The molecule has 1 aliphatic carbocycles. The van der Waals surface area contributed by atoms with E-state index in [0.717, 1.165) is 6.42 Å². The van der Waals surface area contributed by atoms with Crippen LogP contribution in [0, 0.1) is 17.8 Å². The number of hydrogen-bond donors (Lipinski definition) is 2. The summed E-state index contributed by atoms with van der Waals surface area (Å²) in [6.07, 6.45) is 2.36. The Hall–Kier alpha value is -1.18. The zero-order valence-electron chi connectivity index (χ0n) is 14.3. The van der Waals surface area contributed by atoms with Gasteiger partial charge in [0.05, 0.1) is 18.8 Å². The van der Waals surface area contributed by atoms with Crippen LogP contribution in [0.1, 0.15) is 25.7 Å². The first-order chi connectivity index (χ1) is 11.6. The molecule has 2 saturated heterocycles. The molecule has 0 aromatic rings. The smallest absolute Gasteiger partial charge is 0.225 e. The maximum atomic E-state index is 12.5. The summed E-state index contributed by atoms with van der Waals surface area (Å²) in [6, 6.07) is 0. The van der Waals surface area contributed by atoms with E-state index in [1.165, 1.54) is 0 Å². The van der Waals surface area contributed by atoms with E-state index in [-0.39, 0.29) is 41.8 Å². The molecule has 0 bridgehead atoms. The first-order valence-electron chi connectivity index (χ1n) is 8.95. The van der Waals surface area contributed by atoms with Crippen LogP contribution >= 0.6 is 0 Å². The van der Waals surface area contributed by atoms with Crippen LogP contribution < -0.4 is 5.32 Å². The topological polar surface area (TPSA) is 88.1 Å². The van der Waals surface area contributed by atoms with Crippen LogP contribution in [0.5, 0.6) is 0 Å². The van der Waals surface area contributed by atoms with E-state index in [4.69, 9.17) is 9.47 Å². The predicted molar refractivity (Wildman–Crippen MR) is 86.2 cm³/mol. The minimum absolute atomic E-state index is 0.0405. The fraction of sp³-hybridized carbons (Fsp3) is 0.882. The lowest BCUT2D eigenvalue weighted by Gasteiger charge is -2.46. The molecule has 3 rings (SSSR count). The van der Waals surface area contributed by atoms with Crippen LogP contribution in [0.15, 0.2) is 0 Å². The molecule has 24 heavy (non-hydrogen) atoms. The van der Waals surface area contributed by atoms with Crippen molar-refractivity contribution in [3.63, 3.8) is 0 Å². The van der Waals surface area contributed by atoms with E-state index in [0.29, 0.717) is 52.1 Å². The Morgan fingerprint density at radius 2 is 2.12 bits per heavy atom. The number of hydrogen-bond acceptors (Lipinski definition) is 5. The lowest BCUT2D eigenvalue weighted by molar-refractivity contribution is -0.156. The Morgan fingerprint density at radius 1 is 1.33 bits per heavy atom. The summed E-state index contributed by atoms with van der Waals surface area (Å²) in [4.78, 5) is 26.9. The molecule has 0 unspecified atom stereocenters. The maximum absolute atomic E-state index is 12.5. The Kier molecular flexibility index (Phi) is 5.73. The van der Waals surface area contributed by atoms with Gasteiger partial charge in [-0.1, -0.05) is 0 Å². The average Bonchev–Trinajstić information content (AvgIpc) is 2.57. The number of nitrogens with zero attached hydrogens (tertiary/aromatic N) is 1. The molecule has 1 saturated carbocycles. The van der Waals surface area contributed by atoms with E-state index in [2.05, 4.69) is 5.32 Å². The summed E-state index contributed by atoms with van der Waals surface area (Å²) >= 11 is 0. The number of rotatable bonds is 5. The first-order valence-corrected chi connectivity index (χ1v) is 8.95. The van der Waals surface area contributed by atoms with Crippen LogP contribution in [0.3, 0.4) is 0 Å². The van der Waals surface area contributed by atoms with Crippen molar-refractivity contribution in [2.24, 2.45) is 17.8 Å². The second kappa shape index (κ2) is 7.80. The number of amides is 2. The molecule has 7 heteroatoms. The third kappa shape index (κ3) is 3.73. The van der Waals surface area contributed by atoms with Gasteiger partial charge in [-0.25, -0.2) is 0 Å². The molecular formula is C17H28N2O5. The number of aliphatic hydroxyl groups is 1. The van der Waals surface area contributed by atoms with Gasteiger partial charge in [-0.15, -0.1) is 0 Å². The Labute approximate surface area is 142 Å². The van der Waals surface area contributed by atoms with Gasteiger partial charge in [-0.2, -0.15) is 0 Å². The second-order valence-electron chi connectivity index (χ2n) is 7.15. The summed E-state index contributed by atoms with van der Waals surface area (Å²) in [7, 11) is 1.61. The van der Waals surface area contributed by atoms with Crippen LogP contribution in [-0.4, -0.2) is 74.0 Å². The maximum Gasteiger partial charge on any atom is 0.225 e. The van der Waals surface area contributed by atoms with E-state index in [1.807, 2.05) is 4.90 Å². The van der Waals surface area contributed by atoms with E-state index < -0.39 is 0 Å². The van der Waals surface area contributed by atoms with Crippen molar-refractivity contribution >= 4 is 11.8 Å². The average molecular weight is 340 g/mol. The highest BCUT2D eigenvalue weighted by Gasteiger charge is 2.44. The number of ether oxygens (including phenoxy) is 2. The molecule has 136 valence electrons. The summed E-state index contributed by atoms with van der Waals surface area (Å²) in [5.74, 6) is 0.0730. The number of nitrogens with one attached hydrogen (secondary N) is 1. The quantitative estimate of drug-likeness (QED) is 0.675. The third-order valence-electron chi connectivity index (χ3n) is 5.59. The molecule has 2 amide bonds. The van der Waals surface area contributed by atoms with Gasteiger partial charge in [0.2, 0.25) is 11.8 Å². The van der Waals surface area contributed by atoms with Crippen molar-refractivity contribution in [1.29, 1.82) is 0 Å². The third-order valence-corrected chi connectivity index (χ3v) is 5.59. The molecule has 2 heterocycles. The number of carbonyl (C=O) groups is 2. The van der Waals surface area contributed by atoms with Crippen LogP contribution in [0.2, 0.25) is 0 Å². The molecule has 2 N–H and O–H groups in total.